The van der Waals surface area contributed by atoms with Crippen molar-refractivity contribution in [2.75, 3.05) is 19.5 Å². The number of aromatic hydroxyl groups is 1. The maximum absolute atomic E-state index is 13.7. The molecule has 0 radical (unpaired) electrons. The molecule has 0 saturated heterocycles. The molecule has 0 atom stereocenters. The Bertz CT molecular complexity index is 1710. The second-order valence-electron chi connectivity index (χ2n) is 8.97. The zero-order valence-electron chi connectivity index (χ0n) is 22.6. The van der Waals surface area contributed by atoms with E-state index in [-0.39, 0.29) is 34.3 Å². The van der Waals surface area contributed by atoms with Gasteiger partial charge in [0.05, 0.1) is 19.1 Å². The Hall–Kier alpha value is -4.84. The molecule has 12 heteroatoms. The zero-order chi connectivity index (χ0) is 29.7. The van der Waals surface area contributed by atoms with Crippen molar-refractivity contribution in [3.63, 3.8) is 0 Å². The summed E-state index contributed by atoms with van der Waals surface area (Å²) in [4.78, 5) is 27.0. The molecule has 3 aromatic carbocycles. The number of aryl methyl sites for hydroxylation is 1. The normalized spacial score (nSPS) is 11.2. The Morgan fingerprint density at radius 3 is 2.02 bits per heavy atom. The average Bonchev–Trinajstić information content (AvgIpc) is 2.95. The number of para-hydroxylation sites is 1. The van der Waals surface area contributed by atoms with Gasteiger partial charge in [-0.15, -0.1) is 0 Å². The lowest BCUT2D eigenvalue weighted by Crippen LogP contribution is -2.25. The first-order chi connectivity index (χ1) is 19.6. The molecule has 11 nitrogen and oxygen atoms in total. The second-order valence-corrected chi connectivity index (χ2v) is 10.9. The van der Waals surface area contributed by atoms with Crippen molar-refractivity contribution in [3.05, 3.63) is 82.9 Å². The largest absolute Gasteiger partial charge is 0.494 e. The van der Waals surface area contributed by atoms with Gasteiger partial charge in [-0.1, -0.05) is 43.7 Å². The van der Waals surface area contributed by atoms with Crippen LogP contribution in [-0.2, 0) is 16.3 Å². The molecule has 4 aromatic rings. The number of amides is 1. The minimum absolute atomic E-state index is 0.160. The lowest BCUT2D eigenvalue weighted by Gasteiger charge is -2.21. The standard InChI is InChI=1S/C29H29N3O8S/c1-4-5-9-24-31-27(33)26(28(34)32(24)25-22(39-2)7-6-8-23(25)40-3)41(37,38)21-16-12-19(13-17-21)18-10-14-20(15-11-18)30-29(35)36/h6-8,10-17,30,34H,4-5,9H2,1-3H3,(H,35,36). The van der Waals surface area contributed by atoms with Gasteiger partial charge in [0.25, 0.3) is 5.56 Å². The number of hydrogen-bond donors (Lipinski definition) is 3. The third-order valence-electron chi connectivity index (χ3n) is 6.38. The Balaban J connectivity index is 1.84. The van der Waals surface area contributed by atoms with E-state index >= 15 is 0 Å². The van der Waals surface area contributed by atoms with Crippen LogP contribution in [0.25, 0.3) is 16.8 Å². The van der Waals surface area contributed by atoms with E-state index in [1.165, 1.54) is 30.9 Å². The molecule has 0 aliphatic carbocycles. The molecule has 0 spiro atoms. The van der Waals surface area contributed by atoms with Gasteiger partial charge in [0.1, 0.15) is 23.0 Å². The molecule has 0 fully saturated rings. The van der Waals surface area contributed by atoms with Crippen LogP contribution in [0.1, 0.15) is 25.6 Å². The number of methoxy groups -OCH3 is 2. The summed E-state index contributed by atoms with van der Waals surface area (Å²) >= 11 is 0. The SMILES string of the molecule is CCCCc1nc(=O)c(S(=O)(=O)c2ccc(-c3ccc(NC(=O)O)cc3)cc2)c(O)n1-c1c(OC)cccc1OC. The lowest BCUT2D eigenvalue weighted by atomic mass is 10.1. The summed E-state index contributed by atoms with van der Waals surface area (Å²) in [5.74, 6) is -0.0861. The van der Waals surface area contributed by atoms with Gasteiger partial charge in [-0.2, -0.15) is 4.98 Å². The molecule has 0 unspecified atom stereocenters. The summed E-state index contributed by atoms with van der Waals surface area (Å²) in [5.41, 5.74) is 0.874. The molecule has 1 amide bonds. The molecule has 4 rings (SSSR count). The van der Waals surface area contributed by atoms with Gasteiger partial charge >= 0.3 is 6.09 Å². The zero-order valence-corrected chi connectivity index (χ0v) is 23.4. The third-order valence-corrected chi connectivity index (χ3v) is 8.17. The number of anilines is 1. The average molecular weight is 580 g/mol. The maximum atomic E-state index is 13.7. The highest BCUT2D eigenvalue weighted by atomic mass is 32.2. The number of nitrogens with zero attached hydrogens (tertiary/aromatic N) is 2. The van der Waals surface area contributed by atoms with E-state index < -0.39 is 32.3 Å². The highest BCUT2D eigenvalue weighted by molar-refractivity contribution is 7.91. The molecule has 0 aliphatic rings. The fraction of sp³-hybridized carbons (Fsp3) is 0.207. The lowest BCUT2D eigenvalue weighted by molar-refractivity contribution is 0.209. The van der Waals surface area contributed by atoms with Crippen LogP contribution in [-0.4, -0.2) is 48.5 Å². The van der Waals surface area contributed by atoms with Crippen molar-refractivity contribution < 1.29 is 32.9 Å². The van der Waals surface area contributed by atoms with Gasteiger partial charge in [-0.05, 0) is 53.9 Å². The number of aromatic nitrogens is 2. The Morgan fingerprint density at radius 1 is 0.951 bits per heavy atom. The number of carboxylic acid groups (broad SMARTS) is 1. The number of rotatable bonds is 10. The predicted octanol–water partition coefficient (Wildman–Crippen LogP) is 4.89. The summed E-state index contributed by atoms with van der Waals surface area (Å²) in [5, 5.41) is 22.5. The van der Waals surface area contributed by atoms with Gasteiger partial charge in [-0.3, -0.25) is 14.7 Å². The summed E-state index contributed by atoms with van der Waals surface area (Å²) in [6.07, 6.45) is 0.498. The molecular formula is C29H29N3O8S. The predicted molar refractivity (Wildman–Crippen MR) is 152 cm³/mol. The highest BCUT2D eigenvalue weighted by Crippen LogP contribution is 2.38. The summed E-state index contributed by atoms with van der Waals surface area (Å²) < 4.78 is 39.7. The van der Waals surface area contributed by atoms with Crippen molar-refractivity contribution in [2.45, 2.75) is 36.0 Å². The van der Waals surface area contributed by atoms with Gasteiger partial charge in [-0.25, -0.2) is 13.2 Å². The Kier molecular flexibility index (Phi) is 8.62. The monoisotopic (exact) mass is 579 g/mol. The molecular weight excluding hydrogens is 550 g/mol. The quantitative estimate of drug-likeness (QED) is 0.238. The number of carbonyl (C=O) groups is 1. The van der Waals surface area contributed by atoms with Crippen LogP contribution in [0.15, 0.2) is 81.3 Å². The van der Waals surface area contributed by atoms with Crippen molar-refractivity contribution in [3.8, 4) is 34.2 Å². The van der Waals surface area contributed by atoms with E-state index in [9.17, 15) is 23.1 Å². The number of hydrogen-bond acceptors (Lipinski definition) is 8. The van der Waals surface area contributed by atoms with Gasteiger partial charge in [0.15, 0.2) is 4.90 Å². The van der Waals surface area contributed by atoms with Gasteiger partial charge in [0, 0.05) is 12.1 Å². The number of benzene rings is 3. The maximum Gasteiger partial charge on any atom is 0.409 e. The van der Waals surface area contributed by atoms with Crippen molar-refractivity contribution in [1.29, 1.82) is 0 Å². The fourth-order valence-electron chi connectivity index (χ4n) is 4.38. The van der Waals surface area contributed by atoms with Crippen LogP contribution in [0.3, 0.4) is 0 Å². The first kappa shape index (κ1) is 29.2. The Labute approximate surface area is 236 Å². The van der Waals surface area contributed by atoms with Crippen LogP contribution in [0, 0.1) is 0 Å². The van der Waals surface area contributed by atoms with E-state index in [1.54, 1.807) is 54.6 Å². The van der Waals surface area contributed by atoms with Gasteiger partial charge in [0.2, 0.25) is 15.7 Å². The van der Waals surface area contributed by atoms with E-state index in [1.807, 2.05) is 6.92 Å². The number of ether oxygens (including phenoxy) is 2. The highest BCUT2D eigenvalue weighted by Gasteiger charge is 2.31. The minimum Gasteiger partial charge on any atom is -0.494 e. The van der Waals surface area contributed by atoms with Crippen LogP contribution in [0.2, 0.25) is 0 Å². The van der Waals surface area contributed by atoms with E-state index in [2.05, 4.69) is 10.3 Å². The summed E-state index contributed by atoms with van der Waals surface area (Å²) in [6.45, 7) is 1.95. The molecule has 3 N–H and O–H groups in total. The summed E-state index contributed by atoms with van der Waals surface area (Å²) in [7, 11) is -1.68. The van der Waals surface area contributed by atoms with Crippen LogP contribution in [0.4, 0.5) is 10.5 Å². The van der Waals surface area contributed by atoms with E-state index in [0.717, 1.165) is 6.42 Å². The van der Waals surface area contributed by atoms with Crippen LogP contribution in [0.5, 0.6) is 17.4 Å². The molecule has 214 valence electrons. The number of unbranched alkanes of at least 4 members (excludes halogenated alkanes) is 1. The molecule has 0 bridgehead atoms. The van der Waals surface area contributed by atoms with Crippen LogP contribution >= 0.6 is 0 Å². The molecule has 41 heavy (non-hydrogen) atoms. The number of sulfone groups is 1. The van der Waals surface area contributed by atoms with Gasteiger partial charge < -0.3 is 19.7 Å². The smallest absolute Gasteiger partial charge is 0.409 e. The summed E-state index contributed by atoms with van der Waals surface area (Å²) in [6, 6.07) is 17.2. The van der Waals surface area contributed by atoms with E-state index in [0.29, 0.717) is 23.2 Å². The first-order valence-corrected chi connectivity index (χ1v) is 14.1. The first-order valence-electron chi connectivity index (χ1n) is 12.6. The molecule has 1 heterocycles. The molecule has 1 aromatic heterocycles. The van der Waals surface area contributed by atoms with Crippen molar-refractivity contribution in [2.24, 2.45) is 0 Å². The second kappa shape index (κ2) is 12.1. The van der Waals surface area contributed by atoms with E-state index in [4.69, 9.17) is 14.6 Å². The number of nitrogens with one attached hydrogen (secondary N) is 1. The van der Waals surface area contributed by atoms with Crippen molar-refractivity contribution in [1.82, 2.24) is 9.55 Å². The van der Waals surface area contributed by atoms with Crippen LogP contribution < -0.4 is 20.3 Å². The third kappa shape index (κ3) is 5.87. The fourth-order valence-corrected chi connectivity index (χ4v) is 5.71. The Morgan fingerprint density at radius 2 is 1.51 bits per heavy atom. The molecule has 0 aliphatic heterocycles. The minimum atomic E-state index is -4.53. The molecule has 0 saturated carbocycles. The topological polar surface area (TPSA) is 157 Å². The van der Waals surface area contributed by atoms with Crippen molar-refractivity contribution >= 4 is 21.6 Å².